The molecule has 2 aromatic carbocycles. The highest BCUT2D eigenvalue weighted by molar-refractivity contribution is 6.23. The SMILES string of the molecule is NCc1cccc2c1N(Cc1ccc3c(c1)C(=O)N(C1CCC(=O)NC1=O)C3=O)CCC2. The lowest BCUT2D eigenvalue weighted by Crippen LogP contribution is -2.54. The molecule has 1 unspecified atom stereocenters. The number of aryl methyl sites for hydroxylation is 1. The second kappa shape index (κ2) is 7.87. The summed E-state index contributed by atoms with van der Waals surface area (Å²) < 4.78 is 0. The monoisotopic (exact) mass is 432 g/mol. The third kappa shape index (κ3) is 3.27. The number of para-hydroxylation sites is 1. The van der Waals surface area contributed by atoms with Crippen LogP contribution in [0.15, 0.2) is 36.4 Å². The number of imide groups is 2. The van der Waals surface area contributed by atoms with E-state index < -0.39 is 23.8 Å². The van der Waals surface area contributed by atoms with E-state index in [1.165, 1.54) is 5.56 Å². The van der Waals surface area contributed by atoms with Crippen LogP contribution < -0.4 is 16.0 Å². The van der Waals surface area contributed by atoms with Gasteiger partial charge in [0, 0.05) is 31.7 Å². The number of nitrogens with zero attached hydrogens (tertiary/aromatic N) is 2. The van der Waals surface area contributed by atoms with Gasteiger partial charge in [-0.1, -0.05) is 24.3 Å². The number of nitrogens with one attached hydrogen (secondary N) is 1. The lowest BCUT2D eigenvalue weighted by Gasteiger charge is -2.33. The van der Waals surface area contributed by atoms with Crippen molar-refractivity contribution in [3.63, 3.8) is 0 Å². The van der Waals surface area contributed by atoms with Gasteiger partial charge in [0.15, 0.2) is 0 Å². The number of carbonyl (C=O) groups is 4. The van der Waals surface area contributed by atoms with Gasteiger partial charge in [0.2, 0.25) is 11.8 Å². The Morgan fingerprint density at radius 2 is 1.81 bits per heavy atom. The molecule has 2 aromatic rings. The molecule has 1 fully saturated rings. The quantitative estimate of drug-likeness (QED) is 0.708. The number of amides is 4. The normalized spacial score (nSPS) is 20.3. The minimum absolute atomic E-state index is 0.104. The number of nitrogens with two attached hydrogens (primary N) is 1. The van der Waals surface area contributed by atoms with Gasteiger partial charge in [-0.25, -0.2) is 0 Å². The highest BCUT2D eigenvalue weighted by Crippen LogP contribution is 2.33. The Morgan fingerprint density at radius 3 is 2.59 bits per heavy atom. The van der Waals surface area contributed by atoms with E-state index in [0.717, 1.165) is 41.1 Å². The van der Waals surface area contributed by atoms with Crippen molar-refractivity contribution < 1.29 is 19.2 Å². The first-order valence-corrected chi connectivity index (χ1v) is 10.9. The molecule has 0 bridgehead atoms. The molecule has 8 heteroatoms. The maximum absolute atomic E-state index is 13.1. The summed E-state index contributed by atoms with van der Waals surface area (Å²) in [6.07, 6.45) is 2.30. The Balaban J connectivity index is 1.42. The molecule has 0 aromatic heterocycles. The number of hydrogen-bond acceptors (Lipinski definition) is 6. The Labute approximate surface area is 185 Å². The van der Waals surface area contributed by atoms with Crippen LogP contribution in [0.5, 0.6) is 0 Å². The predicted octanol–water partition coefficient (Wildman–Crippen LogP) is 1.50. The van der Waals surface area contributed by atoms with Crippen molar-refractivity contribution in [1.82, 2.24) is 10.2 Å². The molecule has 4 amide bonds. The van der Waals surface area contributed by atoms with E-state index in [4.69, 9.17) is 5.73 Å². The molecule has 1 saturated heterocycles. The van der Waals surface area contributed by atoms with Gasteiger partial charge in [-0.2, -0.15) is 0 Å². The zero-order chi connectivity index (χ0) is 22.4. The molecule has 3 N–H and O–H groups in total. The van der Waals surface area contributed by atoms with E-state index in [-0.39, 0.29) is 18.7 Å². The average Bonchev–Trinajstić information content (AvgIpc) is 3.03. The lowest BCUT2D eigenvalue weighted by atomic mass is 9.96. The Kier molecular flexibility index (Phi) is 5.01. The smallest absolute Gasteiger partial charge is 0.262 e. The molecule has 0 radical (unpaired) electrons. The van der Waals surface area contributed by atoms with Crippen LogP contribution in [0.25, 0.3) is 0 Å². The minimum Gasteiger partial charge on any atom is -0.367 e. The first kappa shape index (κ1) is 20.4. The van der Waals surface area contributed by atoms with Gasteiger partial charge >= 0.3 is 0 Å². The first-order chi connectivity index (χ1) is 15.5. The van der Waals surface area contributed by atoms with E-state index in [1.807, 2.05) is 18.2 Å². The molecular formula is C24H24N4O4. The number of rotatable bonds is 4. The Morgan fingerprint density at radius 1 is 1.00 bits per heavy atom. The molecular weight excluding hydrogens is 408 g/mol. The fraction of sp³-hybridized carbons (Fsp3) is 0.333. The molecule has 0 aliphatic carbocycles. The highest BCUT2D eigenvalue weighted by Gasteiger charge is 2.44. The Hall–Kier alpha value is -3.52. The summed E-state index contributed by atoms with van der Waals surface area (Å²) in [5, 5.41) is 2.22. The third-order valence-corrected chi connectivity index (χ3v) is 6.49. The molecule has 8 nitrogen and oxygen atoms in total. The minimum atomic E-state index is -0.954. The fourth-order valence-corrected chi connectivity index (χ4v) is 4.98. The van der Waals surface area contributed by atoms with E-state index >= 15 is 0 Å². The molecule has 32 heavy (non-hydrogen) atoms. The second-order valence-electron chi connectivity index (χ2n) is 8.48. The standard InChI is InChI=1S/C24H24N4O4/c25-12-16-4-1-3-15-5-2-10-27(21(15)16)13-14-6-7-17-18(11-14)24(32)28(23(17)31)19-8-9-20(29)26-22(19)30/h1,3-4,6-7,11,19H,2,5,8-10,12-13,25H2,(H,26,29,30). The van der Waals surface area contributed by atoms with Crippen LogP contribution in [0, 0.1) is 0 Å². The molecule has 0 spiro atoms. The van der Waals surface area contributed by atoms with Crippen LogP contribution in [0.2, 0.25) is 0 Å². The van der Waals surface area contributed by atoms with Crippen molar-refractivity contribution in [2.75, 3.05) is 11.4 Å². The van der Waals surface area contributed by atoms with E-state index in [2.05, 4.69) is 16.3 Å². The van der Waals surface area contributed by atoms with Gasteiger partial charge in [0.05, 0.1) is 11.1 Å². The van der Waals surface area contributed by atoms with Crippen molar-refractivity contribution >= 4 is 29.3 Å². The van der Waals surface area contributed by atoms with Crippen molar-refractivity contribution in [3.8, 4) is 0 Å². The van der Waals surface area contributed by atoms with Gasteiger partial charge in [-0.05, 0) is 48.1 Å². The lowest BCUT2D eigenvalue weighted by molar-refractivity contribution is -0.136. The van der Waals surface area contributed by atoms with Crippen LogP contribution in [0.1, 0.15) is 56.7 Å². The summed E-state index contributed by atoms with van der Waals surface area (Å²) in [7, 11) is 0. The van der Waals surface area contributed by atoms with Crippen LogP contribution in [0.4, 0.5) is 5.69 Å². The molecule has 1 atom stereocenters. The maximum Gasteiger partial charge on any atom is 0.262 e. The van der Waals surface area contributed by atoms with Crippen LogP contribution >= 0.6 is 0 Å². The summed E-state index contributed by atoms with van der Waals surface area (Å²) in [5.74, 6) is -1.96. The molecule has 0 saturated carbocycles. The van der Waals surface area contributed by atoms with Crippen molar-refractivity contribution in [1.29, 1.82) is 0 Å². The Bertz CT molecular complexity index is 1140. The summed E-state index contributed by atoms with van der Waals surface area (Å²) in [4.78, 5) is 53.0. The fourth-order valence-electron chi connectivity index (χ4n) is 4.98. The van der Waals surface area contributed by atoms with Gasteiger partial charge in [-0.15, -0.1) is 0 Å². The van der Waals surface area contributed by atoms with Crippen LogP contribution in [-0.2, 0) is 29.1 Å². The van der Waals surface area contributed by atoms with Crippen molar-refractivity contribution in [2.24, 2.45) is 5.73 Å². The van der Waals surface area contributed by atoms with Crippen LogP contribution in [-0.4, -0.2) is 41.1 Å². The third-order valence-electron chi connectivity index (χ3n) is 6.49. The summed E-state index contributed by atoms with van der Waals surface area (Å²) >= 11 is 0. The van der Waals surface area contributed by atoms with Gasteiger partial charge in [0.1, 0.15) is 6.04 Å². The zero-order valence-corrected chi connectivity index (χ0v) is 17.6. The van der Waals surface area contributed by atoms with Crippen molar-refractivity contribution in [3.05, 3.63) is 64.2 Å². The number of carbonyl (C=O) groups excluding carboxylic acids is 4. The number of piperidine rings is 1. The van der Waals surface area contributed by atoms with E-state index in [9.17, 15) is 19.2 Å². The van der Waals surface area contributed by atoms with Crippen LogP contribution in [0.3, 0.4) is 0 Å². The van der Waals surface area contributed by atoms with Gasteiger partial charge < -0.3 is 10.6 Å². The molecule has 3 aliphatic rings. The molecule has 5 rings (SSSR count). The highest BCUT2D eigenvalue weighted by atomic mass is 16.2. The van der Waals surface area contributed by atoms with E-state index in [1.54, 1.807) is 12.1 Å². The molecule has 164 valence electrons. The number of hydrogen-bond donors (Lipinski definition) is 2. The summed E-state index contributed by atoms with van der Waals surface area (Å²) in [6.45, 7) is 1.94. The predicted molar refractivity (Wildman–Crippen MR) is 117 cm³/mol. The maximum atomic E-state index is 13.1. The zero-order valence-electron chi connectivity index (χ0n) is 17.6. The largest absolute Gasteiger partial charge is 0.367 e. The topological polar surface area (TPSA) is 113 Å². The number of benzene rings is 2. The molecule has 3 aliphatic heterocycles. The average molecular weight is 432 g/mol. The van der Waals surface area contributed by atoms with E-state index in [0.29, 0.717) is 24.2 Å². The summed E-state index contributed by atoms with van der Waals surface area (Å²) in [5.41, 5.74) is 11.0. The van der Waals surface area contributed by atoms with Gasteiger partial charge in [0.25, 0.3) is 11.8 Å². The van der Waals surface area contributed by atoms with Crippen molar-refractivity contribution in [2.45, 2.75) is 44.8 Å². The number of anilines is 1. The second-order valence-corrected chi connectivity index (χ2v) is 8.48. The first-order valence-electron chi connectivity index (χ1n) is 10.9. The van der Waals surface area contributed by atoms with Gasteiger partial charge in [-0.3, -0.25) is 29.4 Å². The molecule has 3 heterocycles. The summed E-state index contributed by atoms with van der Waals surface area (Å²) in [6, 6.07) is 10.5. The number of fused-ring (bicyclic) bond motifs is 2.